The highest BCUT2D eigenvalue weighted by Gasteiger charge is 2.19. The van der Waals surface area contributed by atoms with Crippen molar-refractivity contribution in [1.29, 1.82) is 0 Å². The number of ketones is 2. The average molecular weight is 382 g/mol. The van der Waals surface area contributed by atoms with Crippen molar-refractivity contribution in [2.75, 3.05) is 11.1 Å². The lowest BCUT2D eigenvalue weighted by atomic mass is 10.1. The van der Waals surface area contributed by atoms with E-state index in [1.165, 1.54) is 24.5 Å². The highest BCUT2D eigenvalue weighted by atomic mass is 32.1. The van der Waals surface area contributed by atoms with Gasteiger partial charge in [0.05, 0.1) is 0 Å². The Kier molecular flexibility index (Phi) is 6.51. The number of rotatable bonds is 5. The number of carbonyl (C=O) groups excluding carboxylic acids is 3. The van der Waals surface area contributed by atoms with Crippen LogP contribution in [0.2, 0.25) is 0 Å². The number of thiazole rings is 1. The summed E-state index contributed by atoms with van der Waals surface area (Å²) in [6.45, 7) is 5.37. The number of nitrogens with two attached hydrogens (primary N) is 1. The molecule has 0 atom stereocenters. The molecule has 1 aromatic carbocycles. The molecule has 2 heterocycles. The van der Waals surface area contributed by atoms with Gasteiger partial charge in [-0.3, -0.25) is 14.6 Å². The Balaban J connectivity index is 0.00000126. The van der Waals surface area contributed by atoms with Crippen molar-refractivity contribution >= 4 is 46.3 Å². The lowest BCUT2D eigenvalue weighted by Gasteiger charge is -2.03. The highest BCUT2D eigenvalue weighted by Crippen LogP contribution is 2.30. The van der Waals surface area contributed by atoms with Crippen LogP contribution >= 0.6 is 11.3 Å². The first-order valence-electron chi connectivity index (χ1n) is 7.84. The van der Waals surface area contributed by atoms with Gasteiger partial charge in [-0.05, 0) is 49.7 Å². The number of aryl methyl sites for hydroxylation is 1. The maximum Gasteiger partial charge on any atom is 0.208 e. The fourth-order valence-corrected chi connectivity index (χ4v) is 3.14. The number of nitrogens with zero attached hydrogens (tertiary/aromatic N) is 2. The Morgan fingerprint density at radius 1 is 1.15 bits per heavy atom. The molecule has 0 aliphatic carbocycles. The number of carbonyl (C=O) groups is 3. The van der Waals surface area contributed by atoms with Crippen LogP contribution in [0.1, 0.15) is 38.1 Å². The molecule has 0 saturated carbocycles. The van der Waals surface area contributed by atoms with Gasteiger partial charge in [0, 0.05) is 29.2 Å². The van der Waals surface area contributed by atoms with E-state index in [1.54, 1.807) is 36.5 Å². The van der Waals surface area contributed by atoms with E-state index in [-0.39, 0.29) is 17.4 Å². The van der Waals surface area contributed by atoms with Crippen LogP contribution in [0.15, 0.2) is 42.7 Å². The molecule has 3 rings (SSSR count). The van der Waals surface area contributed by atoms with E-state index in [0.717, 1.165) is 11.3 Å². The standard InChI is InChI=1S/C18H16N4O2S.CH2O/c1-10-7-8-20-9-14(10)15(24)16-17(19)22-18(25-16)21-13-5-3-12(4-6-13)11(2)23;1-2/h3-9H,19H2,1-2H3,(H,21,22);1H2. The van der Waals surface area contributed by atoms with Gasteiger partial charge in [0.15, 0.2) is 10.9 Å². The second kappa shape index (κ2) is 8.81. The van der Waals surface area contributed by atoms with Crippen molar-refractivity contribution in [1.82, 2.24) is 9.97 Å². The molecule has 0 spiro atoms. The quantitative estimate of drug-likeness (QED) is 0.650. The van der Waals surface area contributed by atoms with Crippen molar-refractivity contribution < 1.29 is 14.4 Å². The molecule has 3 N–H and O–H groups in total. The second-order valence-corrected chi connectivity index (χ2v) is 6.51. The third kappa shape index (κ3) is 4.62. The predicted molar refractivity (Wildman–Crippen MR) is 106 cm³/mol. The van der Waals surface area contributed by atoms with Crippen LogP contribution < -0.4 is 11.1 Å². The number of pyridine rings is 1. The molecule has 27 heavy (non-hydrogen) atoms. The number of Topliss-reactive ketones (excluding diaryl/α,β-unsaturated/α-hetero) is 1. The maximum atomic E-state index is 12.7. The first-order valence-corrected chi connectivity index (χ1v) is 8.66. The van der Waals surface area contributed by atoms with Crippen molar-refractivity contribution in [3.8, 4) is 0 Å². The third-order valence-electron chi connectivity index (χ3n) is 3.69. The minimum Gasteiger partial charge on any atom is -0.382 e. The summed E-state index contributed by atoms with van der Waals surface area (Å²) in [5.41, 5.74) is 8.66. The second-order valence-electron chi connectivity index (χ2n) is 5.51. The van der Waals surface area contributed by atoms with Gasteiger partial charge in [0.2, 0.25) is 5.78 Å². The van der Waals surface area contributed by atoms with Gasteiger partial charge in [-0.1, -0.05) is 11.3 Å². The van der Waals surface area contributed by atoms with E-state index >= 15 is 0 Å². The van der Waals surface area contributed by atoms with E-state index in [0.29, 0.717) is 21.1 Å². The Hall–Kier alpha value is -3.39. The first-order chi connectivity index (χ1) is 13.0. The van der Waals surface area contributed by atoms with Crippen LogP contribution in [0.3, 0.4) is 0 Å². The predicted octanol–water partition coefficient (Wildman–Crippen LogP) is 3.42. The zero-order chi connectivity index (χ0) is 20.0. The fraction of sp³-hybridized carbons (Fsp3) is 0.105. The van der Waals surface area contributed by atoms with Crippen LogP contribution in [-0.2, 0) is 4.79 Å². The summed E-state index contributed by atoms with van der Waals surface area (Å²) in [4.78, 5) is 40.6. The van der Waals surface area contributed by atoms with Crippen molar-refractivity contribution in [2.24, 2.45) is 0 Å². The summed E-state index contributed by atoms with van der Waals surface area (Å²) >= 11 is 1.19. The molecule has 0 amide bonds. The normalized spacial score (nSPS) is 9.85. The molecule has 0 bridgehead atoms. The summed E-state index contributed by atoms with van der Waals surface area (Å²) in [5, 5.41) is 3.61. The van der Waals surface area contributed by atoms with Gasteiger partial charge in [-0.2, -0.15) is 0 Å². The van der Waals surface area contributed by atoms with E-state index in [9.17, 15) is 9.59 Å². The molecular weight excluding hydrogens is 364 g/mol. The third-order valence-corrected chi connectivity index (χ3v) is 4.67. The largest absolute Gasteiger partial charge is 0.382 e. The lowest BCUT2D eigenvalue weighted by molar-refractivity contribution is -0.0980. The maximum absolute atomic E-state index is 12.7. The number of benzene rings is 1. The van der Waals surface area contributed by atoms with Gasteiger partial charge in [-0.15, -0.1) is 0 Å². The number of anilines is 3. The van der Waals surface area contributed by atoms with E-state index in [1.807, 2.05) is 13.7 Å². The monoisotopic (exact) mass is 382 g/mol. The molecule has 3 aromatic rings. The summed E-state index contributed by atoms with van der Waals surface area (Å²) < 4.78 is 0. The van der Waals surface area contributed by atoms with Gasteiger partial charge < -0.3 is 15.8 Å². The molecule has 0 fully saturated rings. The zero-order valence-corrected chi connectivity index (χ0v) is 15.7. The number of aromatic nitrogens is 2. The minimum atomic E-state index is -0.194. The van der Waals surface area contributed by atoms with Crippen LogP contribution in [-0.4, -0.2) is 28.3 Å². The number of hydrogen-bond acceptors (Lipinski definition) is 8. The van der Waals surface area contributed by atoms with Crippen molar-refractivity contribution in [3.63, 3.8) is 0 Å². The van der Waals surface area contributed by atoms with Gasteiger partial charge in [0.25, 0.3) is 0 Å². The Labute approximate surface area is 160 Å². The molecule has 0 aliphatic rings. The van der Waals surface area contributed by atoms with Gasteiger partial charge in [-0.25, -0.2) is 4.98 Å². The van der Waals surface area contributed by atoms with Crippen molar-refractivity contribution in [3.05, 3.63) is 64.3 Å². The Morgan fingerprint density at radius 2 is 1.81 bits per heavy atom. The van der Waals surface area contributed by atoms with E-state index < -0.39 is 0 Å². The van der Waals surface area contributed by atoms with Crippen LogP contribution in [0, 0.1) is 6.92 Å². The van der Waals surface area contributed by atoms with Crippen LogP contribution in [0.4, 0.5) is 16.6 Å². The van der Waals surface area contributed by atoms with Gasteiger partial charge >= 0.3 is 0 Å². The smallest absolute Gasteiger partial charge is 0.208 e. The van der Waals surface area contributed by atoms with E-state index in [2.05, 4.69) is 15.3 Å². The minimum absolute atomic E-state index is 0.00441. The molecule has 0 saturated heterocycles. The molecule has 138 valence electrons. The molecule has 8 heteroatoms. The van der Waals surface area contributed by atoms with Crippen LogP contribution in [0.25, 0.3) is 0 Å². The molecule has 7 nitrogen and oxygen atoms in total. The summed E-state index contributed by atoms with van der Waals surface area (Å²) in [6, 6.07) is 8.79. The first kappa shape index (κ1) is 19.9. The average Bonchev–Trinajstić information content (AvgIpc) is 3.04. The van der Waals surface area contributed by atoms with Crippen LogP contribution in [0.5, 0.6) is 0 Å². The molecular formula is C19H18N4O3S. The fourth-order valence-electron chi connectivity index (χ4n) is 2.28. The molecule has 0 aliphatic heterocycles. The summed E-state index contributed by atoms with van der Waals surface area (Å²) in [7, 11) is 0. The number of hydrogen-bond donors (Lipinski definition) is 2. The summed E-state index contributed by atoms with van der Waals surface area (Å²) in [5.74, 6) is -0.00791. The zero-order valence-electron chi connectivity index (χ0n) is 14.9. The van der Waals surface area contributed by atoms with E-state index in [4.69, 9.17) is 10.5 Å². The Morgan fingerprint density at radius 3 is 2.41 bits per heavy atom. The highest BCUT2D eigenvalue weighted by molar-refractivity contribution is 7.18. The van der Waals surface area contributed by atoms with Gasteiger partial charge in [0.1, 0.15) is 17.5 Å². The SMILES string of the molecule is C=O.CC(=O)c1ccc(Nc2nc(N)c(C(=O)c3cnccc3C)s2)cc1. The summed E-state index contributed by atoms with van der Waals surface area (Å²) in [6.07, 6.45) is 3.17. The molecule has 0 unspecified atom stereocenters. The number of nitrogen functional groups attached to an aromatic ring is 1. The molecule has 2 aromatic heterocycles. The number of nitrogens with one attached hydrogen (secondary N) is 1. The lowest BCUT2D eigenvalue weighted by Crippen LogP contribution is -2.05. The topological polar surface area (TPSA) is 115 Å². The Bertz CT molecular complexity index is 967. The van der Waals surface area contributed by atoms with Crippen molar-refractivity contribution in [2.45, 2.75) is 13.8 Å². The molecule has 0 radical (unpaired) electrons.